The Kier molecular flexibility index (Phi) is 5.90. The van der Waals surface area contributed by atoms with Gasteiger partial charge in [0.05, 0.1) is 26.9 Å². The number of fused-ring (bicyclic) bond motifs is 1. The van der Waals surface area contributed by atoms with E-state index in [1.165, 1.54) is 18.5 Å². The van der Waals surface area contributed by atoms with Crippen LogP contribution in [0.5, 0.6) is 11.6 Å². The van der Waals surface area contributed by atoms with Crippen molar-refractivity contribution in [2.45, 2.75) is 6.04 Å². The Morgan fingerprint density at radius 3 is 2.42 bits per heavy atom. The predicted molar refractivity (Wildman–Crippen MR) is 116 cm³/mol. The van der Waals surface area contributed by atoms with E-state index in [0.29, 0.717) is 28.4 Å². The van der Waals surface area contributed by atoms with Crippen LogP contribution < -0.4 is 14.8 Å². The van der Waals surface area contributed by atoms with Crippen molar-refractivity contribution in [3.8, 4) is 22.8 Å². The third-order valence-electron chi connectivity index (χ3n) is 4.97. The van der Waals surface area contributed by atoms with E-state index >= 15 is 0 Å². The number of halogens is 1. The van der Waals surface area contributed by atoms with E-state index in [1.54, 1.807) is 38.6 Å². The van der Waals surface area contributed by atoms with Gasteiger partial charge in [-0.15, -0.1) is 0 Å². The van der Waals surface area contributed by atoms with Crippen molar-refractivity contribution in [3.63, 3.8) is 0 Å². The molecular weight excluding hydrogens is 399 g/mol. The molecule has 1 unspecified atom stereocenters. The van der Waals surface area contributed by atoms with Gasteiger partial charge in [0.25, 0.3) is 0 Å². The molecule has 8 heteroatoms. The van der Waals surface area contributed by atoms with E-state index < -0.39 is 6.04 Å². The fraction of sp³-hybridized carbons (Fsp3) is 0.174. The van der Waals surface area contributed by atoms with E-state index in [2.05, 4.69) is 20.3 Å². The van der Waals surface area contributed by atoms with Crippen molar-refractivity contribution in [1.29, 1.82) is 0 Å². The fourth-order valence-corrected chi connectivity index (χ4v) is 3.33. The quantitative estimate of drug-likeness (QED) is 0.467. The highest BCUT2D eigenvalue weighted by Crippen LogP contribution is 2.35. The van der Waals surface area contributed by atoms with E-state index in [1.807, 2.05) is 18.2 Å². The number of aliphatic hydroxyl groups excluding tert-OH is 1. The third kappa shape index (κ3) is 4.24. The summed E-state index contributed by atoms with van der Waals surface area (Å²) >= 11 is 0. The average Bonchev–Trinajstić information content (AvgIpc) is 2.82. The number of rotatable bonds is 7. The van der Waals surface area contributed by atoms with Gasteiger partial charge in [-0.1, -0.05) is 12.1 Å². The fourth-order valence-electron chi connectivity index (χ4n) is 3.33. The second-order valence-electron chi connectivity index (χ2n) is 6.82. The molecular formula is C23H21FN4O3. The first-order valence-corrected chi connectivity index (χ1v) is 9.59. The minimum atomic E-state index is -0.447. The molecule has 0 radical (unpaired) electrons. The van der Waals surface area contributed by atoms with Crippen LogP contribution in [0.2, 0.25) is 0 Å². The number of anilines is 1. The van der Waals surface area contributed by atoms with Crippen LogP contribution >= 0.6 is 0 Å². The van der Waals surface area contributed by atoms with Gasteiger partial charge in [-0.05, 0) is 47.0 Å². The van der Waals surface area contributed by atoms with Crippen LogP contribution in [0.25, 0.3) is 22.0 Å². The molecule has 0 aliphatic rings. The maximum absolute atomic E-state index is 13.4. The summed E-state index contributed by atoms with van der Waals surface area (Å²) in [6.45, 7) is -0.172. The molecule has 2 aromatic carbocycles. The largest absolute Gasteiger partial charge is 0.494 e. The maximum Gasteiger partial charge on any atom is 0.212 e. The molecule has 0 amide bonds. The molecule has 1 atom stereocenters. The summed E-state index contributed by atoms with van der Waals surface area (Å²) in [6, 6.07) is 13.1. The molecule has 7 nitrogen and oxygen atoms in total. The van der Waals surface area contributed by atoms with Gasteiger partial charge in [0.1, 0.15) is 29.2 Å². The molecule has 158 valence electrons. The van der Waals surface area contributed by atoms with Crippen LogP contribution in [0.1, 0.15) is 11.6 Å². The second-order valence-corrected chi connectivity index (χ2v) is 6.82. The highest BCUT2D eigenvalue weighted by atomic mass is 19.1. The van der Waals surface area contributed by atoms with Crippen molar-refractivity contribution in [2.75, 3.05) is 26.1 Å². The smallest absolute Gasteiger partial charge is 0.212 e. The Morgan fingerprint density at radius 1 is 0.968 bits per heavy atom. The molecule has 4 aromatic rings. The Morgan fingerprint density at radius 2 is 1.77 bits per heavy atom. The molecule has 0 aliphatic carbocycles. The summed E-state index contributed by atoms with van der Waals surface area (Å²) in [5.41, 5.74) is 3.05. The maximum atomic E-state index is 13.4. The topological polar surface area (TPSA) is 89.4 Å². The third-order valence-corrected chi connectivity index (χ3v) is 4.97. The van der Waals surface area contributed by atoms with E-state index in [9.17, 15) is 9.50 Å². The summed E-state index contributed by atoms with van der Waals surface area (Å²) in [6.07, 6.45) is 3.08. The first kappa shape index (κ1) is 20.5. The van der Waals surface area contributed by atoms with Crippen molar-refractivity contribution in [1.82, 2.24) is 15.0 Å². The molecule has 2 N–H and O–H groups in total. The molecule has 4 rings (SSSR count). The Balaban J connectivity index is 1.77. The zero-order valence-electron chi connectivity index (χ0n) is 17.0. The molecule has 0 saturated heterocycles. The lowest BCUT2D eigenvalue weighted by Crippen LogP contribution is -2.16. The first-order valence-electron chi connectivity index (χ1n) is 9.59. The average molecular weight is 420 g/mol. The van der Waals surface area contributed by atoms with Crippen molar-refractivity contribution in [3.05, 3.63) is 72.4 Å². The number of aliphatic hydroxyl groups is 1. The lowest BCUT2D eigenvalue weighted by Gasteiger charge is -2.19. The zero-order valence-corrected chi connectivity index (χ0v) is 17.0. The summed E-state index contributed by atoms with van der Waals surface area (Å²) < 4.78 is 24.0. The van der Waals surface area contributed by atoms with Gasteiger partial charge < -0.3 is 19.9 Å². The highest BCUT2D eigenvalue weighted by molar-refractivity contribution is 5.96. The SMILES string of the molecule is COc1ccc(C(CO)Nc2ncnc3c(OC)cc(-c4ccc(F)cc4)cc23)cn1. The summed E-state index contributed by atoms with van der Waals surface area (Å²) in [7, 11) is 3.11. The van der Waals surface area contributed by atoms with Gasteiger partial charge in [-0.2, -0.15) is 0 Å². The molecule has 31 heavy (non-hydrogen) atoms. The molecule has 2 heterocycles. The first-order chi connectivity index (χ1) is 15.1. The predicted octanol–water partition coefficient (Wildman–Crippen LogP) is 3.99. The summed E-state index contributed by atoms with van der Waals surface area (Å²) in [5.74, 6) is 1.28. The number of aromatic nitrogens is 3. The number of hydrogen-bond donors (Lipinski definition) is 2. The van der Waals surface area contributed by atoms with E-state index in [4.69, 9.17) is 9.47 Å². The van der Waals surface area contributed by atoms with Gasteiger partial charge in [0.15, 0.2) is 0 Å². The van der Waals surface area contributed by atoms with Crippen LogP contribution in [-0.4, -0.2) is 40.9 Å². The van der Waals surface area contributed by atoms with Gasteiger partial charge in [0, 0.05) is 17.6 Å². The molecule has 0 fully saturated rings. The van der Waals surface area contributed by atoms with E-state index in [-0.39, 0.29) is 12.4 Å². The van der Waals surface area contributed by atoms with Gasteiger partial charge in [-0.25, -0.2) is 19.3 Å². The van der Waals surface area contributed by atoms with Gasteiger partial charge >= 0.3 is 0 Å². The number of nitrogens with one attached hydrogen (secondary N) is 1. The van der Waals surface area contributed by atoms with E-state index in [0.717, 1.165) is 16.7 Å². The summed E-state index contributed by atoms with van der Waals surface area (Å²) in [4.78, 5) is 12.9. The molecule has 0 aliphatic heterocycles. The second kappa shape index (κ2) is 8.93. The van der Waals surface area contributed by atoms with Crippen molar-refractivity contribution >= 4 is 16.7 Å². The summed E-state index contributed by atoms with van der Waals surface area (Å²) in [5, 5.41) is 14.0. The number of hydrogen-bond acceptors (Lipinski definition) is 7. The Hall–Kier alpha value is -3.78. The standard InChI is InChI=1S/C23H21FN4O3/c1-30-20-10-16(14-3-6-17(24)7-4-14)9-18-22(20)26-13-27-23(18)28-19(12-29)15-5-8-21(31-2)25-11-15/h3-11,13,19,29H,12H2,1-2H3,(H,26,27,28). The van der Waals surface area contributed by atoms with Crippen LogP contribution in [0.15, 0.2) is 61.1 Å². The molecule has 0 saturated carbocycles. The van der Waals surface area contributed by atoms with Crippen LogP contribution in [0, 0.1) is 5.82 Å². The number of ether oxygens (including phenoxy) is 2. The highest BCUT2D eigenvalue weighted by Gasteiger charge is 2.17. The lowest BCUT2D eigenvalue weighted by atomic mass is 10.0. The molecule has 0 bridgehead atoms. The normalized spacial score (nSPS) is 11.9. The number of pyridine rings is 1. The number of benzene rings is 2. The molecule has 0 spiro atoms. The van der Waals surface area contributed by atoms with Crippen LogP contribution in [0.3, 0.4) is 0 Å². The zero-order chi connectivity index (χ0) is 21.8. The Bertz CT molecular complexity index is 1180. The Labute approximate surface area is 178 Å². The van der Waals surface area contributed by atoms with Gasteiger partial charge in [-0.3, -0.25) is 0 Å². The number of methoxy groups -OCH3 is 2. The van der Waals surface area contributed by atoms with Crippen LogP contribution in [-0.2, 0) is 0 Å². The van der Waals surface area contributed by atoms with Crippen molar-refractivity contribution < 1.29 is 19.0 Å². The van der Waals surface area contributed by atoms with Crippen molar-refractivity contribution in [2.24, 2.45) is 0 Å². The van der Waals surface area contributed by atoms with Crippen LogP contribution in [0.4, 0.5) is 10.2 Å². The molecule has 2 aromatic heterocycles. The monoisotopic (exact) mass is 420 g/mol. The minimum absolute atomic E-state index is 0.172. The lowest BCUT2D eigenvalue weighted by molar-refractivity contribution is 0.276. The minimum Gasteiger partial charge on any atom is -0.494 e. The number of nitrogens with zero attached hydrogens (tertiary/aromatic N) is 3. The van der Waals surface area contributed by atoms with Gasteiger partial charge in [0.2, 0.25) is 5.88 Å².